The van der Waals surface area contributed by atoms with Crippen LogP contribution in [0.15, 0.2) is 18.2 Å². The van der Waals surface area contributed by atoms with Gasteiger partial charge in [0, 0.05) is 13.2 Å². The van der Waals surface area contributed by atoms with Crippen molar-refractivity contribution in [1.29, 1.82) is 0 Å². The molecule has 0 spiro atoms. The fourth-order valence-corrected chi connectivity index (χ4v) is 1.92. The second kappa shape index (κ2) is 9.52. The van der Waals surface area contributed by atoms with E-state index in [4.69, 9.17) is 9.84 Å². The van der Waals surface area contributed by atoms with Gasteiger partial charge in [0.1, 0.15) is 0 Å². The summed E-state index contributed by atoms with van der Waals surface area (Å²) in [6, 6.07) is 4.97. The van der Waals surface area contributed by atoms with Crippen molar-refractivity contribution >= 4 is 0 Å². The highest BCUT2D eigenvalue weighted by atomic mass is 19.3. The zero-order valence-electron chi connectivity index (χ0n) is 12.4. The Hall–Kier alpha value is -1.40. The van der Waals surface area contributed by atoms with Crippen LogP contribution in [-0.2, 0) is 6.54 Å². The maximum Gasteiger partial charge on any atom is 0.387 e. The number of aliphatic hydroxyl groups is 1. The summed E-state index contributed by atoms with van der Waals surface area (Å²) in [5.41, 5.74) is 0.849. The lowest BCUT2D eigenvalue weighted by Gasteiger charge is -2.12. The Bertz CT molecular complexity index is 416. The van der Waals surface area contributed by atoms with Gasteiger partial charge in [0.15, 0.2) is 11.5 Å². The van der Waals surface area contributed by atoms with Crippen molar-refractivity contribution in [2.75, 3.05) is 20.3 Å². The molecule has 0 radical (unpaired) electrons. The Morgan fingerprint density at radius 2 is 2.05 bits per heavy atom. The molecule has 0 aliphatic rings. The van der Waals surface area contributed by atoms with Crippen molar-refractivity contribution in [3.63, 3.8) is 0 Å². The predicted octanol–water partition coefficient (Wildman–Crippen LogP) is 2.79. The van der Waals surface area contributed by atoms with Crippen LogP contribution < -0.4 is 14.8 Å². The van der Waals surface area contributed by atoms with Gasteiger partial charge < -0.3 is 19.9 Å². The molecule has 0 fully saturated rings. The molecule has 1 aromatic carbocycles. The summed E-state index contributed by atoms with van der Waals surface area (Å²) < 4.78 is 34.0. The van der Waals surface area contributed by atoms with E-state index in [1.54, 1.807) is 18.2 Å². The number of rotatable bonds is 10. The Labute approximate surface area is 124 Å². The molecular weight excluding hydrogens is 280 g/mol. The highest BCUT2D eigenvalue weighted by molar-refractivity contribution is 5.42. The normalized spacial score (nSPS) is 12.5. The Morgan fingerprint density at radius 1 is 1.29 bits per heavy atom. The number of nitrogens with one attached hydrogen (secondary N) is 1. The van der Waals surface area contributed by atoms with Gasteiger partial charge in [-0.05, 0) is 43.0 Å². The van der Waals surface area contributed by atoms with E-state index in [2.05, 4.69) is 10.1 Å². The molecule has 2 N–H and O–H groups in total. The molecule has 0 saturated heterocycles. The first-order valence-electron chi connectivity index (χ1n) is 7.00. The van der Waals surface area contributed by atoms with Crippen LogP contribution in [0.1, 0.15) is 25.3 Å². The van der Waals surface area contributed by atoms with Crippen LogP contribution in [0.4, 0.5) is 8.78 Å². The van der Waals surface area contributed by atoms with Crippen LogP contribution in [0.3, 0.4) is 0 Å². The smallest absolute Gasteiger partial charge is 0.387 e. The van der Waals surface area contributed by atoms with Crippen molar-refractivity contribution in [2.45, 2.75) is 32.9 Å². The van der Waals surface area contributed by atoms with Crippen molar-refractivity contribution in [1.82, 2.24) is 5.32 Å². The number of benzene rings is 1. The zero-order chi connectivity index (χ0) is 15.7. The second-order valence-electron chi connectivity index (χ2n) is 4.97. The quantitative estimate of drug-likeness (QED) is 0.653. The van der Waals surface area contributed by atoms with Gasteiger partial charge in [0.2, 0.25) is 0 Å². The summed E-state index contributed by atoms with van der Waals surface area (Å²) in [4.78, 5) is 0. The SMILES string of the molecule is COc1ccc(CNCCCC(C)CO)cc1OC(F)F. The molecule has 0 heterocycles. The molecule has 1 atom stereocenters. The highest BCUT2D eigenvalue weighted by Crippen LogP contribution is 2.29. The summed E-state index contributed by atoms with van der Waals surface area (Å²) in [5, 5.41) is 12.1. The molecule has 120 valence electrons. The van der Waals surface area contributed by atoms with Crippen LogP contribution in [0.2, 0.25) is 0 Å². The average molecular weight is 303 g/mol. The third-order valence-electron chi connectivity index (χ3n) is 3.14. The van der Waals surface area contributed by atoms with E-state index in [0.29, 0.717) is 12.5 Å². The molecule has 1 rings (SSSR count). The average Bonchev–Trinajstić information content (AvgIpc) is 2.46. The molecular formula is C15H23F2NO3. The minimum absolute atomic E-state index is 0.0423. The molecule has 6 heteroatoms. The zero-order valence-corrected chi connectivity index (χ0v) is 12.4. The number of ether oxygens (including phenoxy) is 2. The first-order chi connectivity index (χ1) is 10.1. The summed E-state index contributed by atoms with van der Waals surface area (Å²) in [5.74, 6) is 0.635. The van der Waals surface area contributed by atoms with Gasteiger partial charge in [-0.1, -0.05) is 13.0 Å². The molecule has 1 unspecified atom stereocenters. The van der Waals surface area contributed by atoms with Gasteiger partial charge in [-0.2, -0.15) is 8.78 Å². The van der Waals surface area contributed by atoms with E-state index in [1.165, 1.54) is 7.11 Å². The first kappa shape index (κ1) is 17.7. The maximum atomic E-state index is 12.3. The summed E-state index contributed by atoms with van der Waals surface area (Å²) in [7, 11) is 1.41. The van der Waals surface area contributed by atoms with E-state index in [-0.39, 0.29) is 18.1 Å². The van der Waals surface area contributed by atoms with Crippen molar-refractivity contribution < 1.29 is 23.4 Å². The monoisotopic (exact) mass is 303 g/mol. The molecule has 4 nitrogen and oxygen atoms in total. The van der Waals surface area contributed by atoms with Crippen LogP contribution >= 0.6 is 0 Å². The van der Waals surface area contributed by atoms with Gasteiger partial charge >= 0.3 is 6.61 Å². The molecule has 1 aromatic rings. The van der Waals surface area contributed by atoms with Gasteiger partial charge in [0.05, 0.1) is 7.11 Å². The number of methoxy groups -OCH3 is 1. The van der Waals surface area contributed by atoms with Gasteiger partial charge in [-0.3, -0.25) is 0 Å². The first-order valence-corrected chi connectivity index (χ1v) is 7.00. The Balaban J connectivity index is 2.44. The van der Waals surface area contributed by atoms with Crippen LogP contribution in [0.25, 0.3) is 0 Å². The van der Waals surface area contributed by atoms with Crippen LogP contribution in [-0.4, -0.2) is 32.0 Å². The third kappa shape index (κ3) is 6.73. The van der Waals surface area contributed by atoms with Crippen molar-refractivity contribution in [2.24, 2.45) is 5.92 Å². The highest BCUT2D eigenvalue weighted by Gasteiger charge is 2.11. The number of halogens is 2. The molecule has 0 aliphatic heterocycles. The Morgan fingerprint density at radius 3 is 2.67 bits per heavy atom. The van der Waals surface area contributed by atoms with Gasteiger partial charge in [-0.15, -0.1) is 0 Å². The minimum Gasteiger partial charge on any atom is -0.493 e. The standard InChI is InChI=1S/C15H23F2NO3/c1-11(10-19)4-3-7-18-9-12-5-6-13(20-2)14(8-12)21-15(16)17/h5-6,8,11,15,18-19H,3-4,7,9-10H2,1-2H3. The lowest BCUT2D eigenvalue weighted by Crippen LogP contribution is -2.16. The topological polar surface area (TPSA) is 50.7 Å². The number of hydrogen-bond donors (Lipinski definition) is 2. The molecule has 0 saturated carbocycles. The van der Waals surface area contributed by atoms with Crippen molar-refractivity contribution in [3.05, 3.63) is 23.8 Å². The Kier molecular flexibility index (Phi) is 8.00. The lowest BCUT2D eigenvalue weighted by atomic mass is 10.1. The lowest BCUT2D eigenvalue weighted by molar-refractivity contribution is -0.0512. The summed E-state index contributed by atoms with van der Waals surface area (Å²) in [6.07, 6.45) is 1.91. The largest absolute Gasteiger partial charge is 0.493 e. The number of alkyl halides is 2. The summed E-state index contributed by atoms with van der Waals surface area (Å²) >= 11 is 0. The van der Waals surface area contributed by atoms with Crippen LogP contribution in [0, 0.1) is 5.92 Å². The molecule has 0 amide bonds. The summed E-state index contributed by atoms with van der Waals surface area (Å²) in [6.45, 7) is 0.699. The third-order valence-corrected chi connectivity index (χ3v) is 3.14. The van der Waals surface area contributed by atoms with E-state index < -0.39 is 6.61 Å². The minimum atomic E-state index is -2.87. The van der Waals surface area contributed by atoms with E-state index >= 15 is 0 Å². The second-order valence-corrected chi connectivity index (χ2v) is 4.97. The van der Waals surface area contributed by atoms with Gasteiger partial charge in [0.25, 0.3) is 0 Å². The number of hydrogen-bond acceptors (Lipinski definition) is 4. The number of aliphatic hydroxyl groups excluding tert-OH is 1. The molecule has 0 aliphatic carbocycles. The fraction of sp³-hybridized carbons (Fsp3) is 0.600. The predicted molar refractivity (Wildman–Crippen MR) is 76.8 cm³/mol. The van der Waals surface area contributed by atoms with Crippen molar-refractivity contribution in [3.8, 4) is 11.5 Å². The molecule has 0 aromatic heterocycles. The molecule has 0 bridgehead atoms. The van der Waals surface area contributed by atoms with E-state index in [9.17, 15) is 8.78 Å². The molecule has 21 heavy (non-hydrogen) atoms. The maximum absolute atomic E-state index is 12.3. The van der Waals surface area contributed by atoms with E-state index in [1.807, 2.05) is 6.92 Å². The van der Waals surface area contributed by atoms with E-state index in [0.717, 1.165) is 24.9 Å². The van der Waals surface area contributed by atoms with Gasteiger partial charge in [-0.25, -0.2) is 0 Å². The van der Waals surface area contributed by atoms with Crippen LogP contribution in [0.5, 0.6) is 11.5 Å². The fourth-order valence-electron chi connectivity index (χ4n) is 1.92.